The van der Waals surface area contributed by atoms with Crippen molar-refractivity contribution < 1.29 is 29.3 Å². The van der Waals surface area contributed by atoms with E-state index in [0.717, 1.165) is 0 Å². The number of amides is 2. The quantitative estimate of drug-likeness (QED) is 0.271. The fraction of sp³-hybridized carbons (Fsp3) is 0.480. The average Bonchev–Trinajstić information content (AvgIpc) is 3.34. The zero-order chi connectivity index (χ0) is 28.8. The minimum Gasteiger partial charge on any atom is -0.410 e. The summed E-state index contributed by atoms with van der Waals surface area (Å²) in [4.78, 5) is 39.8. The Morgan fingerprint density at radius 2 is 1.98 bits per heavy atom. The minimum atomic E-state index is -1.40. The molecule has 5 N–H and O–H groups in total. The molecule has 0 bridgehead atoms. The van der Waals surface area contributed by atoms with E-state index >= 15 is 0 Å². The minimum absolute atomic E-state index is 0.162. The van der Waals surface area contributed by atoms with E-state index in [1.165, 1.54) is 12.4 Å². The van der Waals surface area contributed by atoms with Gasteiger partial charge in [0.25, 0.3) is 5.91 Å². The molecule has 0 aliphatic carbocycles. The molecule has 0 saturated carbocycles. The Balaban J connectivity index is 1.37. The summed E-state index contributed by atoms with van der Waals surface area (Å²) in [6, 6.07) is 4.65. The number of nitrogens with one attached hydrogen (secondary N) is 1. The molecule has 1 saturated heterocycles. The van der Waals surface area contributed by atoms with Crippen molar-refractivity contribution >= 4 is 52.2 Å². The van der Waals surface area contributed by atoms with Crippen molar-refractivity contribution in [2.24, 2.45) is 5.92 Å². The van der Waals surface area contributed by atoms with Crippen molar-refractivity contribution in [3.05, 3.63) is 40.4 Å². The fourth-order valence-corrected chi connectivity index (χ4v) is 4.66. The van der Waals surface area contributed by atoms with Crippen LogP contribution in [0.4, 0.5) is 10.6 Å². The number of carbonyl (C=O) groups is 2. The highest BCUT2D eigenvalue weighted by Gasteiger charge is 2.28. The van der Waals surface area contributed by atoms with Gasteiger partial charge in [-0.05, 0) is 37.8 Å². The van der Waals surface area contributed by atoms with Crippen LogP contribution in [0.2, 0.25) is 10.0 Å². The van der Waals surface area contributed by atoms with Crippen LogP contribution in [0.15, 0.2) is 24.5 Å². The van der Waals surface area contributed by atoms with Gasteiger partial charge in [-0.1, -0.05) is 23.2 Å². The number of carbonyl (C=O) groups excluding carboxylic acids is 2. The summed E-state index contributed by atoms with van der Waals surface area (Å²) in [6.07, 6.45) is 0.281. The number of nitrogens with zero attached hydrogens (tertiary/aromatic N) is 5. The topological polar surface area (TPSA) is 178 Å². The average molecular weight is 596 g/mol. The largest absolute Gasteiger partial charge is 0.415 e. The van der Waals surface area contributed by atoms with Gasteiger partial charge in [0.2, 0.25) is 0 Å². The monoisotopic (exact) mass is 595 g/mol. The number of piperidine rings is 1. The molecule has 0 spiro atoms. The van der Waals surface area contributed by atoms with Crippen LogP contribution in [0.3, 0.4) is 0 Å². The van der Waals surface area contributed by atoms with E-state index in [-0.39, 0.29) is 18.5 Å². The van der Waals surface area contributed by atoms with Crippen LogP contribution >= 0.6 is 23.2 Å². The summed E-state index contributed by atoms with van der Waals surface area (Å²) in [6.45, 7) is 2.28. The highest BCUT2D eigenvalue weighted by molar-refractivity contribution is 6.42. The Morgan fingerprint density at radius 3 is 2.65 bits per heavy atom. The van der Waals surface area contributed by atoms with Crippen LogP contribution < -0.4 is 15.8 Å². The lowest BCUT2D eigenvalue weighted by molar-refractivity contribution is -0.147. The standard InChI is InChI=1S/C25H31Cl2N7O6/c1-2-29-24(37)21(18(36)11-35)39-13-34-12-30-20-22(28)31-19(32-23(20)34)9-14-5-7-33(8-6-14)25(38)40-15-3-4-16(26)17(27)10-15/h3-4,10,12,14,18,21,35-36H,2,5-9,11,13H2,1H3,(H,29,37)(H2,28,31,32)/t18-,21+/m1/s1. The molecule has 2 amide bonds. The molecule has 1 fully saturated rings. The van der Waals surface area contributed by atoms with E-state index in [2.05, 4.69) is 20.3 Å². The van der Waals surface area contributed by atoms with Crippen molar-refractivity contribution in [2.45, 2.75) is 45.1 Å². The van der Waals surface area contributed by atoms with Crippen LogP contribution in [-0.2, 0) is 22.7 Å². The van der Waals surface area contributed by atoms with E-state index in [1.54, 1.807) is 28.5 Å². The predicted molar refractivity (Wildman–Crippen MR) is 147 cm³/mol. The lowest BCUT2D eigenvalue weighted by atomic mass is 9.93. The summed E-state index contributed by atoms with van der Waals surface area (Å²) in [5.74, 6) is 0.703. The molecule has 1 aromatic carbocycles. The maximum Gasteiger partial charge on any atom is 0.415 e. The highest BCUT2D eigenvalue weighted by atomic mass is 35.5. The number of likely N-dealkylation sites (tertiary alicyclic amines) is 1. The van der Waals surface area contributed by atoms with Crippen molar-refractivity contribution in [3.63, 3.8) is 0 Å². The van der Waals surface area contributed by atoms with E-state index in [4.69, 9.17) is 38.4 Å². The molecule has 0 unspecified atom stereocenters. The van der Waals surface area contributed by atoms with Gasteiger partial charge < -0.3 is 35.6 Å². The molecular weight excluding hydrogens is 565 g/mol. The Labute approximate surface area is 240 Å². The van der Waals surface area contributed by atoms with Gasteiger partial charge in [-0.15, -0.1) is 0 Å². The summed E-state index contributed by atoms with van der Waals surface area (Å²) >= 11 is 11.9. The number of hydrogen-bond donors (Lipinski definition) is 4. The highest BCUT2D eigenvalue weighted by Crippen LogP contribution is 2.28. The van der Waals surface area contributed by atoms with E-state index in [0.29, 0.717) is 71.7 Å². The third-order valence-electron chi connectivity index (χ3n) is 6.52. The number of halogens is 2. The normalized spacial score (nSPS) is 15.7. The van der Waals surface area contributed by atoms with Crippen LogP contribution in [0.25, 0.3) is 11.2 Å². The van der Waals surface area contributed by atoms with Crippen molar-refractivity contribution in [1.82, 2.24) is 29.7 Å². The summed E-state index contributed by atoms with van der Waals surface area (Å²) in [5.41, 5.74) is 6.95. The van der Waals surface area contributed by atoms with E-state index in [9.17, 15) is 19.8 Å². The summed E-state index contributed by atoms with van der Waals surface area (Å²) in [5, 5.41) is 22.6. The lowest BCUT2D eigenvalue weighted by Crippen LogP contribution is -2.45. The molecule has 0 radical (unpaired) electrons. The van der Waals surface area contributed by atoms with Crippen molar-refractivity contribution in [3.8, 4) is 5.75 Å². The van der Waals surface area contributed by atoms with Gasteiger partial charge in [0, 0.05) is 32.1 Å². The predicted octanol–water partition coefficient (Wildman–Crippen LogP) is 2.00. The Bertz CT molecular complexity index is 1350. The smallest absolute Gasteiger partial charge is 0.410 e. The molecule has 216 valence electrons. The number of fused-ring (bicyclic) bond motifs is 1. The maximum atomic E-state index is 12.6. The first-order chi connectivity index (χ1) is 19.2. The number of anilines is 1. The third kappa shape index (κ3) is 7.09. The number of nitrogen functional groups attached to an aromatic ring is 1. The number of aromatic nitrogens is 4. The van der Waals surface area contributed by atoms with Crippen LogP contribution in [-0.4, -0.2) is 85.1 Å². The summed E-state index contributed by atoms with van der Waals surface area (Å²) < 4.78 is 12.6. The first-order valence-corrected chi connectivity index (χ1v) is 13.5. The maximum absolute atomic E-state index is 12.6. The second-order valence-corrected chi connectivity index (χ2v) is 10.2. The molecule has 4 rings (SSSR count). The number of aliphatic hydroxyl groups excluding tert-OH is 2. The number of rotatable bonds is 10. The number of aliphatic hydroxyl groups is 2. The van der Waals surface area contributed by atoms with E-state index < -0.39 is 30.8 Å². The second kappa shape index (κ2) is 13.4. The van der Waals surface area contributed by atoms with Crippen LogP contribution in [0.1, 0.15) is 25.6 Å². The van der Waals surface area contributed by atoms with Gasteiger partial charge in [0.15, 0.2) is 17.6 Å². The van der Waals surface area contributed by atoms with Crippen molar-refractivity contribution in [1.29, 1.82) is 0 Å². The zero-order valence-corrected chi connectivity index (χ0v) is 23.3. The van der Waals surface area contributed by atoms with Crippen LogP contribution in [0, 0.1) is 5.92 Å². The van der Waals surface area contributed by atoms with Gasteiger partial charge in [0.1, 0.15) is 29.9 Å². The number of likely N-dealkylation sites (N-methyl/N-ethyl adjacent to an activating group) is 1. The summed E-state index contributed by atoms with van der Waals surface area (Å²) in [7, 11) is 0. The van der Waals surface area contributed by atoms with Gasteiger partial charge in [-0.25, -0.2) is 19.7 Å². The molecule has 15 heteroatoms. The van der Waals surface area contributed by atoms with Crippen LogP contribution in [0.5, 0.6) is 5.75 Å². The molecule has 1 aliphatic rings. The molecule has 40 heavy (non-hydrogen) atoms. The first kappa shape index (κ1) is 29.7. The molecule has 3 aromatic rings. The van der Waals surface area contributed by atoms with Gasteiger partial charge >= 0.3 is 6.09 Å². The Morgan fingerprint density at radius 1 is 1.23 bits per heavy atom. The van der Waals surface area contributed by atoms with Gasteiger partial charge in [-0.2, -0.15) is 0 Å². The number of nitrogens with two attached hydrogens (primary N) is 1. The Kier molecular flexibility index (Phi) is 9.98. The third-order valence-corrected chi connectivity index (χ3v) is 7.26. The van der Waals surface area contributed by atoms with Gasteiger partial charge in [-0.3, -0.25) is 9.36 Å². The molecule has 1 aliphatic heterocycles. The number of ether oxygens (including phenoxy) is 2. The first-order valence-electron chi connectivity index (χ1n) is 12.8. The van der Waals surface area contributed by atoms with Crippen molar-refractivity contribution in [2.75, 3.05) is 32.0 Å². The lowest BCUT2D eigenvalue weighted by Gasteiger charge is -2.31. The number of hydrogen-bond acceptors (Lipinski definition) is 10. The molecular formula is C25H31Cl2N7O6. The molecule has 2 aromatic heterocycles. The fourth-order valence-electron chi connectivity index (χ4n) is 4.37. The van der Waals surface area contributed by atoms with Gasteiger partial charge in [0.05, 0.1) is 23.0 Å². The molecule has 13 nitrogen and oxygen atoms in total. The molecule has 2 atom stereocenters. The Hall–Kier alpha value is -3.23. The SMILES string of the molecule is CCNC(=O)[C@@H](OCn1cnc2c(N)nc(CC3CCN(C(=O)Oc4ccc(Cl)c(Cl)c4)CC3)nc21)[C@H](O)CO. The zero-order valence-electron chi connectivity index (χ0n) is 21.8. The number of imidazole rings is 1. The second-order valence-electron chi connectivity index (χ2n) is 9.35. The van der Waals surface area contributed by atoms with E-state index in [1.807, 2.05) is 0 Å². The number of benzene rings is 1. The molecule has 3 heterocycles.